The first-order chi connectivity index (χ1) is 7.75. The van der Waals surface area contributed by atoms with E-state index in [2.05, 4.69) is 27.3 Å². The van der Waals surface area contributed by atoms with Gasteiger partial charge in [-0.2, -0.15) is 0 Å². The van der Waals surface area contributed by atoms with E-state index in [-0.39, 0.29) is 5.91 Å². The fourth-order valence-corrected chi connectivity index (χ4v) is 2.97. The molecule has 1 heterocycles. The van der Waals surface area contributed by atoms with Crippen molar-refractivity contribution in [2.75, 3.05) is 6.54 Å². The topological polar surface area (TPSA) is 29.1 Å². The van der Waals surface area contributed by atoms with Crippen molar-refractivity contribution < 1.29 is 4.79 Å². The lowest BCUT2D eigenvalue weighted by atomic mass is 10.1. The molecule has 2 nitrogen and oxygen atoms in total. The number of carbonyl (C=O) groups is 1. The average molecular weight is 300 g/mol. The van der Waals surface area contributed by atoms with Gasteiger partial charge < -0.3 is 5.32 Å². The maximum atomic E-state index is 11.7. The van der Waals surface area contributed by atoms with E-state index in [4.69, 9.17) is 0 Å². The third kappa shape index (κ3) is 3.19. The molecule has 0 aromatic carbocycles. The zero-order valence-corrected chi connectivity index (χ0v) is 11.4. The second-order valence-corrected chi connectivity index (χ2v) is 6.19. The van der Waals surface area contributed by atoms with Gasteiger partial charge in [0.05, 0.1) is 9.35 Å². The monoisotopic (exact) mass is 299 g/mol. The molecule has 0 spiro atoms. The SMILES string of the molecule is O=C(NCCC1=CCCC1)c1csc(Br)c1. The van der Waals surface area contributed by atoms with Crippen LogP contribution in [0.15, 0.2) is 26.9 Å². The normalized spacial score (nSPS) is 14.9. The molecule has 86 valence electrons. The Morgan fingerprint density at radius 3 is 3.06 bits per heavy atom. The maximum absolute atomic E-state index is 11.7. The van der Waals surface area contributed by atoms with Crippen LogP contribution in [-0.2, 0) is 0 Å². The molecule has 0 saturated carbocycles. The Balaban J connectivity index is 1.75. The van der Waals surface area contributed by atoms with Crippen LogP contribution < -0.4 is 5.32 Å². The molecular formula is C12H14BrNOS. The molecule has 4 heteroatoms. The second kappa shape index (κ2) is 5.64. The number of amides is 1. The van der Waals surface area contributed by atoms with Crippen LogP contribution in [0.5, 0.6) is 0 Å². The first-order valence-electron chi connectivity index (χ1n) is 5.46. The van der Waals surface area contributed by atoms with Crippen molar-refractivity contribution in [2.45, 2.75) is 25.7 Å². The standard InChI is InChI=1S/C12H14BrNOS/c13-11-7-10(8-16-11)12(15)14-6-5-9-3-1-2-4-9/h3,7-8H,1-2,4-6H2,(H,14,15). The lowest BCUT2D eigenvalue weighted by molar-refractivity contribution is 0.0954. The van der Waals surface area contributed by atoms with E-state index in [0.29, 0.717) is 0 Å². The van der Waals surface area contributed by atoms with E-state index < -0.39 is 0 Å². The molecule has 1 aromatic rings. The summed E-state index contributed by atoms with van der Waals surface area (Å²) in [4.78, 5) is 11.7. The van der Waals surface area contributed by atoms with Crippen molar-refractivity contribution in [3.63, 3.8) is 0 Å². The number of allylic oxidation sites excluding steroid dienone is 1. The summed E-state index contributed by atoms with van der Waals surface area (Å²) in [5.74, 6) is 0.0283. The third-order valence-electron chi connectivity index (χ3n) is 2.70. The fourth-order valence-electron chi connectivity index (χ4n) is 1.83. The Hall–Kier alpha value is -0.610. The molecule has 0 fully saturated rings. The molecular weight excluding hydrogens is 286 g/mol. The third-order valence-corrected chi connectivity index (χ3v) is 4.20. The van der Waals surface area contributed by atoms with E-state index in [9.17, 15) is 4.79 Å². The van der Waals surface area contributed by atoms with Gasteiger partial charge in [-0.15, -0.1) is 11.3 Å². The van der Waals surface area contributed by atoms with E-state index in [0.717, 1.165) is 22.3 Å². The molecule has 0 saturated heterocycles. The van der Waals surface area contributed by atoms with E-state index in [1.807, 2.05) is 11.4 Å². The zero-order valence-electron chi connectivity index (χ0n) is 8.96. The van der Waals surface area contributed by atoms with Gasteiger partial charge in [0, 0.05) is 11.9 Å². The van der Waals surface area contributed by atoms with Crippen LogP contribution in [0.1, 0.15) is 36.0 Å². The largest absolute Gasteiger partial charge is 0.352 e. The summed E-state index contributed by atoms with van der Waals surface area (Å²) in [7, 11) is 0. The smallest absolute Gasteiger partial charge is 0.252 e. The zero-order chi connectivity index (χ0) is 11.4. The van der Waals surface area contributed by atoms with Crippen LogP contribution in [0.4, 0.5) is 0 Å². The number of carbonyl (C=O) groups excluding carboxylic acids is 1. The molecule has 0 atom stereocenters. The van der Waals surface area contributed by atoms with Gasteiger partial charge in [-0.1, -0.05) is 11.6 Å². The molecule has 1 aliphatic rings. The summed E-state index contributed by atoms with van der Waals surface area (Å²) >= 11 is 4.89. The highest BCUT2D eigenvalue weighted by Gasteiger charge is 2.08. The molecule has 2 rings (SSSR count). The van der Waals surface area contributed by atoms with Gasteiger partial charge in [0.15, 0.2) is 0 Å². The number of nitrogens with one attached hydrogen (secondary N) is 1. The molecule has 1 aromatic heterocycles. The predicted octanol–water partition coefficient (Wildman–Crippen LogP) is 3.74. The highest BCUT2D eigenvalue weighted by molar-refractivity contribution is 9.11. The number of hydrogen-bond donors (Lipinski definition) is 1. The lowest BCUT2D eigenvalue weighted by Crippen LogP contribution is -2.24. The van der Waals surface area contributed by atoms with Crippen molar-refractivity contribution in [3.8, 4) is 0 Å². The van der Waals surface area contributed by atoms with Gasteiger partial charge in [0.25, 0.3) is 5.91 Å². The summed E-state index contributed by atoms with van der Waals surface area (Å²) < 4.78 is 0.996. The molecule has 0 unspecified atom stereocenters. The molecule has 0 radical (unpaired) electrons. The molecule has 1 N–H and O–H groups in total. The molecule has 16 heavy (non-hydrogen) atoms. The Morgan fingerprint density at radius 1 is 1.56 bits per heavy atom. The van der Waals surface area contributed by atoms with E-state index >= 15 is 0 Å². The fraction of sp³-hybridized carbons (Fsp3) is 0.417. The molecule has 0 aliphatic heterocycles. The summed E-state index contributed by atoms with van der Waals surface area (Å²) in [6.45, 7) is 0.748. The van der Waals surface area contributed by atoms with Crippen molar-refractivity contribution in [1.29, 1.82) is 0 Å². The number of hydrogen-bond acceptors (Lipinski definition) is 2. The van der Waals surface area contributed by atoms with Crippen LogP contribution >= 0.6 is 27.3 Å². The van der Waals surface area contributed by atoms with Gasteiger partial charge >= 0.3 is 0 Å². The summed E-state index contributed by atoms with van der Waals surface area (Å²) in [5.41, 5.74) is 2.24. The van der Waals surface area contributed by atoms with E-state index in [1.165, 1.54) is 36.2 Å². The highest BCUT2D eigenvalue weighted by Crippen LogP contribution is 2.21. The number of thiophene rings is 1. The predicted molar refractivity (Wildman–Crippen MR) is 70.9 cm³/mol. The Kier molecular flexibility index (Phi) is 4.18. The van der Waals surface area contributed by atoms with Gasteiger partial charge in [0.1, 0.15) is 0 Å². The van der Waals surface area contributed by atoms with Crippen LogP contribution in [0.2, 0.25) is 0 Å². The summed E-state index contributed by atoms with van der Waals surface area (Å²) in [6.07, 6.45) is 6.99. The van der Waals surface area contributed by atoms with Gasteiger partial charge in [-0.25, -0.2) is 0 Å². The minimum absolute atomic E-state index is 0.0283. The summed E-state index contributed by atoms with van der Waals surface area (Å²) in [6, 6.07) is 1.86. The van der Waals surface area contributed by atoms with Crippen molar-refractivity contribution >= 4 is 33.2 Å². The van der Waals surface area contributed by atoms with Crippen molar-refractivity contribution in [3.05, 3.63) is 32.4 Å². The Labute approximate surface area is 108 Å². The average Bonchev–Trinajstić information content (AvgIpc) is 2.89. The van der Waals surface area contributed by atoms with Gasteiger partial charge in [-0.05, 0) is 47.7 Å². The van der Waals surface area contributed by atoms with Crippen LogP contribution in [0.3, 0.4) is 0 Å². The molecule has 1 aliphatic carbocycles. The minimum atomic E-state index is 0.0283. The van der Waals surface area contributed by atoms with Crippen LogP contribution in [0, 0.1) is 0 Å². The first-order valence-corrected chi connectivity index (χ1v) is 7.13. The first kappa shape index (κ1) is 11.9. The van der Waals surface area contributed by atoms with Crippen molar-refractivity contribution in [1.82, 2.24) is 5.32 Å². The Bertz CT molecular complexity index is 411. The Morgan fingerprint density at radius 2 is 2.44 bits per heavy atom. The summed E-state index contributed by atoms with van der Waals surface area (Å²) in [5, 5.41) is 4.81. The number of halogens is 1. The van der Waals surface area contributed by atoms with E-state index in [1.54, 1.807) is 0 Å². The van der Waals surface area contributed by atoms with Gasteiger partial charge in [0.2, 0.25) is 0 Å². The molecule has 1 amide bonds. The highest BCUT2D eigenvalue weighted by atomic mass is 79.9. The second-order valence-electron chi connectivity index (χ2n) is 3.90. The maximum Gasteiger partial charge on any atom is 0.252 e. The lowest BCUT2D eigenvalue weighted by Gasteiger charge is -2.04. The number of rotatable bonds is 4. The quantitative estimate of drug-likeness (QED) is 0.843. The van der Waals surface area contributed by atoms with Gasteiger partial charge in [-0.3, -0.25) is 4.79 Å². The van der Waals surface area contributed by atoms with Crippen LogP contribution in [-0.4, -0.2) is 12.5 Å². The van der Waals surface area contributed by atoms with Crippen LogP contribution in [0.25, 0.3) is 0 Å². The minimum Gasteiger partial charge on any atom is -0.352 e. The molecule has 0 bridgehead atoms. The van der Waals surface area contributed by atoms with Crippen molar-refractivity contribution in [2.24, 2.45) is 0 Å².